The zero-order chi connectivity index (χ0) is 29.5. The Morgan fingerprint density at radius 1 is 0.821 bits per heavy atom. The van der Waals surface area contributed by atoms with Crippen molar-refractivity contribution in [2.45, 2.75) is 83.0 Å². The molecule has 3 amide bonds. The van der Waals surface area contributed by atoms with Crippen molar-refractivity contribution in [2.75, 3.05) is 6.54 Å². The van der Waals surface area contributed by atoms with Crippen molar-refractivity contribution in [1.82, 2.24) is 16.0 Å². The fourth-order valence-corrected chi connectivity index (χ4v) is 3.77. The number of nitrogens with two attached hydrogens (primary N) is 2. The number of amides is 3. The maximum atomic E-state index is 13.3. The zero-order valence-corrected chi connectivity index (χ0v) is 22.4. The molecule has 0 spiro atoms. The Morgan fingerprint density at radius 2 is 1.38 bits per heavy atom. The number of rotatable bonds is 18. The Kier molecular flexibility index (Phi) is 14.5. The molecule has 4 atom stereocenters. The Bertz CT molecular complexity index is 970. The van der Waals surface area contributed by atoms with E-state index in [2.05, 4.69) is 16.0 Å². The summed E-state index contributed by atoms with van der Waals surface area (Å²) < 4.78 is 0. The molecule has 218 valence electrons. The van der Waals surface area contributed by atoms with Crippen LogP contribution in [-0.4, -0.2) is 75.7 Å². The Labute approximate surface area is 227 Å². The normalized spacial score (nSPS) is 14.1. The molecule has 39 heavy (non-hydrogen) atoms. The molecule has 13 heteroatoms. The summed E-state index contributed by atoms with van der Waals surface area (Å²) in [6, 6.07) is 1.24. The maximum absolute atomic E-state index is 13.3. The number of unbranched alkanes of at least 4 members (excludes halogenated alkanes) is 1. The van der Waals surface area contributed by atoms with Crippen LogP contribution < -0.4 is 27.4 Å². The Morgan fingerprint density at radius 3 is 1.92 bits per heavy atom. The predicted octanol–water partition coefficient (Wildman–Crippen LogP) is -0.159. The van der Waals surface area contributed by atoms with Gasteiger partial charge in [-0.15, -0.1) is 0 Å². The first-order valence-electron chi connectivity index (χ1n) is 12.9. The monoisotopic (exact) mass is 551 g/mol. The van der Waals surface area contributed by atoms with Gasteiger partial charge in [0.1, 0.15) is 23.9 Å². The molecular formula is C26H41N5O8. The van der Waals surface area contributed by atoms with Crippen molar-refractivity contribution in [3.8, 4) is 5.75 Å². The van der Waals surface area contributed by atoms with Crippen LogP contribution in [0.1, 0.15) is 57.9 Å². The summed E-state index contributed by atoms with van der Waals surface area (Å²) in [5, 5.41) is 35.4. The van der Waals surface area contributed by atoms with Gasteiger partial charge in [-0.25, -0.2) is 4.79 Å². The van der Waals surface area contributed by atoms with Crippen LogP contribution in [0.2, 0.25) is 0 Å². The van der Waals surface area contributed by atoms with Gasteiger partial charge < -0.3 is 42.7 Å². The highest BCUT2D eigenvalue weighted by Gasteiger charge is 2.31. The van der Waals surface area contributed by atoms with E-state index < -0.39 is 60.2 Å². The second-order valence-electron chi connectivity index (χ2n) is 9.85. The number of hydrogen-bond acceptors (Lipinski definition) is 8. The summed E-state index contributed by atoms with van der Waals surface area (Å²) in [4.78, 5) is 61.6. The van der Waals surface area contributed by atoms with Crippen molar-refractivity contribution >= 4 is 29.7 Å². The molecule has 0 saturated heterocycles. The summed E-state index contributed by atoms with van der Waals surface area (Å²) in [6.45, 7) is 4.18. The number of phenolic OH excluding ortho intramolecular Hbond substituents is 1. The van der Waals surface area contributed by atoms with Gasteiger partial charge in [-0.2, -0.15) is 0 Å². The van der Waals surface area contributed by atoms with Gasteiger partial charge in [0.15, 0.2) is 0 Å². The minimum atomic E-state index is -1.49. The van der Waals surface area contributed by atoms with Crippen LogP contribution in [0.15, 0.2) is 24.3 Å². The fraction of sp³-hybridized carbons (Fsp3) is 0.577. The van der Waals surface area contributed by atoms with Crippen molar-refractivity contribution < 1.29 is 39.3 Å². The van der Waals surface area contributed by atoms with Gasteiger partial charge in [0.25, 0.3) is 0 Å². The summed E-state index contributed by atoms with van der Waals surface area (Å²) in [5.74, 6) is -4.69. The van der Waals surface area contributed by atoms with E-state index in [9.17, 15) is 34.2 Å². The minimum Gasteiger partial charge on any atom is -0.508 e. The standard InChI is InChI=1S/C26H41N5O8/c1-15(2)13-20(30-23(35)18(28)5-3-4-12-27)24(36)31-21(14-16-6-8-17(32)9-7-16)25(37)29-19(26(38)39)10-11-22(33)34/h6-9,15,18-21,32H,3-5,10-14,27-28H2,1-2H3,(H,29,37)(H,30,35)(H,31,36)(H,33,34)(H,38,39). The molecule has 0 aliphatic carbocycles. The van der Waals surface area contributed by atoms with E-state index in [4.69, 9.17) is 16.6 Å². The lowest BCUT2D eigenvalue weighted by Gasteiger charge is -2.26. The van der Waals surface area contributed by atoms with Crippen LogP contribution in [0.4, 0.5) is 0 Å². The summed E-state index contributed by atoms with van der Waals surface area (Å²) in [6.07, 6.45) is 1.08. The molecule has 10 N–H and O–H groups in total. The lowest BCUT2D eigenvalue weighted by molar-refractivity contribution is -0.143. The van der Waals surface area contributed by atoms with E-state index in [1.54, 1.807) is 0 Å². The highest BCUT2D eigenvalue weighted by Crippen LogP contribution is 2.13. The number of aliphatic carboxylic acids is 2. The van der Waals surface area contributed by atoms with Crippen LogP contribution in [0, 0.1) is 5.92 Å². The van der Waals surface area contributed by atoms with Gasteiger partial charge >= 0.3 is 11.9 Å². The van der Waals surface area contributed by atoms with Crippen LogP contribution in [0.5, 0.6) is 5.75 Å². The number of carboxylic acids is 2. The number of carbonyl (C=O) groups excluding carboxylic acids is 3. The van der Waals surface area contributed by atoms with E-state index >= 15 is 0 Å². The third kappa shape index (κ3) is 13.1. The van der Waals surface area contributed by atoms with Crippen LogP contribution >= 0.6 is 0 Å². The van der Waals surface area contributed by atoms with Crippen LogP contribution in [0.25, 0.3) is 0 Å². The molecule has 0 aromatic heterocycles. The number of carbonyl (C=O) groups is 5. The van der Waals surface area contributed by atoms with Crippen molar-refractivity contribution in [3.05, 3.63) is 29.8 Å². The number of nitrogens with one attached hydrogen (secondary N) is 3. The van der Waals surface area contributed by atoms with Gasteiger partial charge in [0.2, 0.25) is 17.7 Å². The van der Waals surface area contributed by atoms with E-state index in [0.29, 0.717) is 31.4 Å². The minimum absolute atomic E-state index is 0.00806. The molecular weight excluding hydrogens is 510 g/mol. The number of aromatic hydroxyl groups is 1. The average Bonchev–Trinajstić information content (AvgIpc) is 2.86. The van der Waals surface area contributed by atoms with E-state index in [1.807, 2.05) is 13.8 Å². The molecule has 13 nitrogen and oxygen atoms in total. The fourth-order valence-electron chi connectivity index (χ4n) is 3.77. The molecule has 0 aliphatic heterocycles. The largest absolute Gasteiger partial charge is 0.508 e. The molecule has 4 unspecified atom stereocenters. The van der Waals surface area contributed by atoms with Gasteiger partial charge in [0.05, 0.1) is 6.04 Å². The smallest absolute Gasteiger partial charge is 0.326 e. The molecule has 0 radical (unpaired) electrons. The average molecular weight is 552 g/mol. The van der Waals surface area contributed by atoms with Gasteiger partial charge in [0, 0.05) is 12.8 Å². The van der Waals surface area contributed by atoms with Crippen molar-refractivity contribution in [2.24, 2.45) is 17.4 Å². The van der Waals surface area contributed by atoms with Crippen LogP contribution in [-0.2, 0) is 30.4 Å². The molecule has 0 bridgehead atoms. The zero-order valence-electron chi connectivity index (χ0n) is 22.4. The molecule has 1 rings (SSSR count). The van der Waals surface area contributed by atoms with Gasteiger partial charge in [-0.1, -0.05) is 32.4 Å². The third-order valence-corrected chi connectivity index (χ3v) is 5.92. The first kappa shape index (κ1) is 33.3. The highest BCUT2D eigenvalue weighted by atomic mass is 16.4. The van der Waals surface area contributed by atoms with Crippen molar-refractivity contribution in [3.63, 3.8) is 0 Å². The third-order valence-electron chi connectivity index (χ3n) is 5.92. The van der Waals surface area contributed by atoms with E-state index in [0.717, 1.165) is 0 Å². The number of phenols is 1. The maximum Gasteiger partial charge on any atom is 0.326 e. The molecule has 0 fully saturated rings. The molecule has 1 aromatic carbocycles. The second-order valence-corrected chi connectivity index (χ2v) is 9.85. The lowest BCUT2D eigenvalue weighted by atomic mass is 10.00. The number of hydrogen-bond donors (Lipinski definition) is 8. The van der Waals surface area contributed by atoms with Crippen LogP contribution in [0.3, 0.4) is 0 Å². The topological polar surface area (TPSA) is 234 Å². The Hall–Kier alpha value is -3.71. The second kappa shape index (κ2) is 17.0. The summed E-state index contributed by atoms with van der Waals surface area (Å²) in [7, 11) is 0. The lowest BCUT2D eigenvalue weighted by Crippen LogP contribution is -2.57. The number of benzene rings is 1. The highest BCUT2D eigenvalue weighted by molar-refractivity contribution is 5.94. The number of carboxylic acid groups (broad SMARTS) is 2. The van der Waals surface area contributed by atoms with E-state index in [1.165, 1.54) is 24.3 Å². The van der Waals surface area contributed by atoms with Crippen molar-refractivity contribution in [1.29, 1.82) is 0 Å². The first-order valence-corrected chi connectivity index (χ1v) is 12.9. The summed E-state index contributed by atoms with van der Waals surface area (Å²) in [5.41, 5.74) is 12.0. The Balaban J connectivity index is 3.12. The molecule has 1 aromatic rings. The van der Waals surface area contributed by atoms with Gasteiger partial charge in [-0.05, 0) is 55.8 Å². The molecule has 0 heterocycles. The quantitative estimate of drug-likeness (QED) is 0.112. The summed E-state index contributed by atoms with van der Waals surface area (Å²) >= 11 is 0. The van der Waals surface area contributed by atoms with Gasteiger partial charge in [-0.3, -0.25) is 19.2 Å². The first-order chi connectivity index (χ1) is 18.3. The molecule has 0 aliphatic rings. The SMILES string of the molecule is CC(C)CC(NC(=O)C(N)CCCCN)C(=O)NC(Cc1ccc(O)cc1)C(=O)NC(CCC(=O)O)C(=O)O. The van der Waals surface area contributed by atoms with E-state index in [-0.39, 0.29) is 30.9 Å². The predicted molar refractivity (Wildman–Crippen MR) is 142 cm³/mol. The molecule has 0 saturated carbocycles.